The van der Waals surface area contributed by atoms with Crippen molar-refractivity contribution < 1.29 is 9.53 Å². The van der Waals surface area contributed by atoms with Crippen molar-refractivity contribution in [2.45, 2.75) is 45.3 Å². The summed E-state index contributed by atoms with van der Waals surface area (Å²) in [6.45, 7) is 6.86. The molecule has 1 aliphatic rings. The summed E-state index contributed by atoms with van der Waals surface area (Å²) < 4.78 is 7.10. The fraction of sp³-hybridized carbons (Fsp3) is 0.692. The molecule has 0 aliphatic carbocycles. The number of carbonyl (C=O) groups excluding carboxylic acids is 1. The molecule has 6 nitrogen and oxygen atoms in total. The summed E-state index contributed by atoms with van der Waals surface area (Å²) in [7, 11) is 0. The van der Waals surface area contributed by atoms with Crippen LogP contribution in [0.5, 0.6) is 0 Å². The van der Waals surface area contributed by atoms with Crippen LogP contribution in [0.15, 0.2) is 6.20 Å². The Morgan fingerprint density at radius 1 is 1.45 bits per heavy atom. The molecular formula is C13H21ClN4O2. The summed E-state index contributed by atoms with van der Waals surface area (Å²) in [4.78, 5) is 13.7. The number of amides is 1. The number of hydrogen-bond donors (Lipinski definition) is 1. The van der Waals surface area contributed by atoms with Gasteiger partial charge >= 0.3 is 6.09 Å². The molecule has 2 heterocycles. The Morgan fingerprint density at radius 2 is 2.05 bits per heavy atom. The number of aromatic nitrogens is 2. The van der Waals surface area contributed by atoms with Crippen LogP contribution in [0, 0.1) is 0 Å². The molecule has 2 rings (SSSR count). The predicted molar refractivity (Wildman–Crippen MR) is 77.7 cm³/mol. The minimum Gasteiger partial charge on any atom is -0.444 e. The second-order valence-electron chi connectivity index (χ2n) is 6.03. The number of nitrogens with two attached hydrogens (primary N) is 1. The van der Waals surface area contributed by atoms with Gasteiger partial charge in [0.15, 0.2) is 0 Å². The van der Waals surface area contributed by atoms with E-state index in [0.717, 1.165) is 12.8 Å². The van der Waals surface area contributed by atoms with E-state index in [1.165, 1.54) is 0 Å². The van der Waals surface area contributed by atoms with Crippen LogP contribution >= 0.6 is 11.6 Å². The van der Waals surface area contributed by atoms with E-state index in [0.29, 0.717) is 23.9 Å². The average Bonchev–Trinajstić information content (AvgIpc) is 2.68. The van der Waals surface area contributed by atoms with Crippen LogP contribution in [0.3, 0.4) is 0 Å². The molecule has 1 aliphatic heterocycles. The standard InChI is InChI=1S/C13H21ClN4O2/c1-13(2,3)20-12(19)17-6-4-9(5-7-17)18-11(14)10(15)8-16-18/h8-9H,4-7,15H2,1-3H3. The molecule has 0 aromatic carbocycles. The van der Waals surface area contributed by atoms with E-state index in [9.17, 15) is 4.79 Å². The molecule has 0 atom stereocenters. The van der Waals surface area contributed by atoms with E-state index >= 15 is 0 Å². The predicted octanol–water partition coefficient (Wildman–Crippen LogP) is 2.69. The summed E-state index contributed by atoms with van der Waals surface area (Å²) in [5.74, 6) is 0. The van der Waals surface area contributed by atoms with Gasteiger partial charge in [0, 0.05) is 13.1 Å². The smallest absolute Gasteiger partial charge is 0.410 e. The first-order valence-electron chi connectivity index (χ1n) is 6.74. The van der Waals surface area contributed by atoms with E-state index in [1.807, 2.05) is 20.8 Å². The fourth-order valence-corrected chi connectivity index (χ4v) is 2.47. The highest BCUT2D eigenvalue weighted by atomic mass is 35.5. The zero-order valence-electron chi connectivity index (χ0n) is 12.1. The van der Waals surface area contributed by atoms with E-state index in [2.05, 4.69) is 5.10 Å². The molecule has 1 aromatic rings. The number of nitrogen functional groups attached to an aromatic ring is 1. The van der Waals surface area contributed by atoms with Crippen LogP contribution < -0.4 is 5.73 Å². The molecule has 1 amide bonds. The maximum absolute atomic E-state index is 12.0. The molecular weight excluding hydrogens is 280 g/mol. The van der Waals surface area contributed by atoms with Crippen LogP contribution in [0.4, 0.5) is 10.5 Å². The largest absolute Gasteiger partial charge is 0.444 e. The monoisotopic (exact) mass is 300 g/mol. The van der Waals surface area contributed by atoms with Crippen LogP contribution in [-0.2, 0) is 4.74 Å². The van der Waals surface area contributed by atoms with E-state index in [1.54, 1.807) is 15.8 Å². The molecule has 0 unspecified atom stereocenters. The number of hydrogen-bond acceptors (Lipinski definition) is 4. The van der Waals surface area contributed by atoms with Gasteiger partial charge in [-0.3, -0.25) is 0 Å². The van der Waals surface area contributed by atoms with Gasteiger partial charge in [-0.05, 0) is 33.6 Å². The lowest BCUT2D eigenvalue weighted by Gasteiger charge is -2.33. The summed E-state index contributed by atoms with van der Waals surface area (Å²) >= 11 is 6.10. The Kier molecular flexibility index (Phi) is 4.13. The minimum absolute atomic E-state index is 0.179. The lowest BCUT2D eigenvalue weighted by atomic mass is 10.1. The van der Waals surface area contributed by atoms with E-state index in [4.69, 9.17) is 22.1 Å². The van der Waals surface area contributed by atoms with Gasteiger partial charge in [-0.1, -0.05) is 11.6 Å². The minimum atomic E-state index is -0.465. The van der Waals surface area contributed by atoms with Crippen molar-refractivity contribution in [3.05, 3.63) is 11.3 Å². The summed E-state index contributed by atoms with van der Waals surface area (Å²) in [6, 6.07) is 0.179. The number of rotatable bonds is 1. The second-order valence-corrected chi connectivity index (χ2v) is 6.39. The van der Waals surface area contributed by atoms with Gasteiger partial charge in [-0.2, -0.15) is 5.10 Å². The molecule has 20 heavy (non-hydrogen) atoms. The van der Waals surface area contributed by atoms with Gasteiger partial charge < -0.3 is 15.4 Å². The lowest BCUT2D eigenvalue weighted by molar-refractivity contribution is 0.0185. The van der Waals surface area contributed by atoms with E-state index < -0.39 is 5.60 Å². The Hall–Kier alpha value is -1.43. The lowest BCUT2D eigenvalue weighted by Crippen LogP contribution is -2.42. The quantitative estimate of drug-likeness (QED) is 0.865. The van der Waals surface area contributed by atoms with Gasteiger partial charge in [-0.15, -0.1) is 0 Å². The van der Waals surface area contributed by atoms with Crippen LogP contribution in [0.1, 0.15) is 39.7 Å². The number of halogens is 1. The van der Waals surface area contributed by atoms with Crippen LogP contribution in [0.25, 0.3) is 0 Å². The molecule has 1 aromatic heterocycles. The first-order valence-corrected chi connectivity index (χ1v) is 7.12. The normalized spacial score (nSPS) is 17.3. The van der Waals surface area contributed by atoms with Gasteiger partial charge in [0.1, 0.15) is 10.8 Å². The second kappa shape index (κ2) is 5.52. The molecule has 0 radical (unpaired) electrons. The molecule has 0 spiro atoms. The number of anilines is 1. The Bertz CT molecular complexity index is 487. The fourth-order valence-electron chi connectivity index (χ4n) is 2.23. The Morgan fingerprint density at radius 3 is 2.50 bits per heavy atom. The summed E-state index contributed by atoms with van der Waals surface area (Å²) in [5, 5.41) is 4.67. The number of piperidine rings is 1. The topological polar surface area (TPSA) is 73.4 Å². The Balaban J connectivity index is 1.93. The highest BCUT2D eigenvalue weighted by Gasteiger charge is 2.28. The first kappa shape index (κ1) is 15.0. The molecule has 112 valence electrons. The highest BCUT2D eigenvalue weighted by Crippen LogP contribution is 2.28. The number of nitrogens with zero attached hydrogens (tertiary/aromatic N) is 3. The molecule has 7 heteroatoms. The summed E-state index contributed by atoms with van der Waals surface area (Å²) in [5.41, 5.74) is 5.72. The molecule has 2 N–H and O–H groups in total. The molecule has 0 saturated carbocycles. The van der Waals surface area contributed by atoms with Crippen molar-refractivity contribution in [1.82, 2.24) is 14.7 Å². The average molecular weight is 301 g/mol. The van der Waals surface area contributed by atoms with Crippen LogP contribution in [0.2, 0.25) is 5.15 Å². The molecule has 1 fully saturated rings. The summed E-state index contributed by atoms with van der Waals surface area (Å²) in [6.07, 6.45) is 2.88. The maximum atomic E-state index is 12.0. The number of likely N-dealkylation sites (tertiary alicyclic amines) is 1. The SMILES string of the molecule is CC(C)(C)OC(=O)N1CCC(n2ncc(N)c2Cl)CC1. The number of carbonyl (C=O) groups is 1. The Labute approximate surface area is 123 Å². The van der Waals surface area contributed by atoms with Gasteiger partial charge in [0.2, 0.25) is 0 Å². The zero-order valence-corrected chi connectivity index (χ0v) is 12.9. The van der Waals surface area contributed by atoms with Gasteiger partial charge in [-0.25, -0.2) is 9.48 Å². The maximum Gasteiger partial charge on any atom is 0.410 e. The van der Waals surface area contributed by atoms with Gasteiger partial charge in [0.25, 0.3) is 0 Å². The third-order valence-electron chi connectivity index (χ3n) is 3.22. The molecule has 0 bridgehead atoms. The van der Waals surface area contributed by atoms with Crippen molar-refractivity contribution in [3.63, 3.8) is 0 Å². The van der Waals surface area contributed by atoms with Crippen molar-refractivity contribution in [3.8, 4) is 0 Å². The van der Waals surface area contributed by atoms with Crippen molar-refractivity contribution in [1.29, 1.82) is 0 Å². The zero-order chi connectivity index (χ0) is 14.9. The van der Waals surface area contributed by atoms with Crippen molar-refractivity contribution in [2.24, 2.45) is 0 Å². The van der Waals surface area contributed by atoms with E-state index in [-0.39, 0.29) is 12.1 Å². The third kappa shape index (κ3) is 3.36. The molecule has 1 saturated heterocycles. The van der Waals surface area contributed by atoms with Crippen LogP contribution in [-0.4, -0.2) is 39.5 Å². The first-order chi connectivity index (χ1) is 9.28. The van der Waals surface area contributed by atoms with Gasteiger partial charge in [0.05, 0.1) is 17.9 Å². The number of ether oxygens (including phenoxy) is 1. The van der Waals surface area contributed by atoms with Crippen molar-refractivity contribution >= 4 is 23.4 Å². The van der Waals surface area contributed by atoms with Crippen molar-refractivity contribution in [2.75, 3.05) is 18.8 Å². The third-order valence-corrected chi connectivity index (χ3v) is 3.61. The highest BCUT2D eigenvalue weighted by molar-refractivity contribution is 6.32.